The van der Waals surface area contributed by atoms with E-state index in [1.54, 1.807) is 0 Å². The van der Waals surface area contributed by atoms with E-state index in [0.29, 0.717) is 18.0 Å². The minimum absolute atomic E-state index is 0.0371. The summed E-state index contributed by atoms with van der Waals surface area (Å²) >= 11 is 0. The molecule has 3 rings (SSSR count). The third-order valence-corrected chi connectivity index (χ3v) is 4.30. The first-order valence-corrected chi connectivity index (χ1v) is 8.76. The smallest absolute Gasteiger partial charge is 0.226 e. The first-order chi connectivity index (χ1) is 12.6. The molecule has 0 radical (unpaired) electrons. The van der Waals surface area contributed by atoms with Gasteiger partial charge in [-0.25, -0.2) is 4.39 Å². The highest BCUT2D eigenvalue weighted by molar-refractivity contribution is 5.92. The molecule has 5 nitrogen and oxygen atoms in total. The van der Waals surface area contributed by atoms with Crippen LogP contribution in [0.4, 0.5) is 10.1 Å². The summed E-state index contributed by atoms with van der Waals surface area (Å²) < 4.78 is 24.9. The fraction of sp³-hybridized carbons (Fsp3) is 0.350. The minimum Gasteiger partial charge on any atom is -0.489 e. The second-order valence-corrected chi connectivity index (χ2v) is 6.36. The molecule has 1 heterocycles. The van der Waals surface area contributed by atoms with Crippen molar-refractivity contribution in [2.75, 3.05) is 18.5 Å². The topological polar surface area (TPSA) is 73.6 Å². The van der Waals surface area contributed by atoms with Gasteiger partial charge in [0.15, 0.2) is 0 Å². The van der Waals surface area contributed by atoms with Gasteiger partial charge in [-0.2, -0.15) is 0 Å². The van der Waals surface area contributed by atoms with E-state index in [2.05, 4.69) is 5.32 Å². The molecule has 1 amide bonds. The molecule has 1 aliphatic heterocycles. The number of hydrogen-bond donors (Lipinski definition) is 2. The number of nitrogens with two attached hydrogens (primary N) is 1. The van der Waals surface area contributed by atoms with E-state index in [9.17, 15) is 9.18 Å². The first-order valence-electron chi connectivity index (χ1n) is 8.76. The Morgan fingerprint density at radius 3 is 2.85 bits per heavy atom. The molecular formula is C20H23FN2O3. The van der Waals surface area contributed by atoms with Gasteiger partial charge in [0, 0.05) is 25.1 Å². The third kappa shape index (κ3) is 5.03. The van der Waals surface area contributed by atoms with Gasteiger partial charge in [-0.15, -0.1) is 0 Å². The largest absolute Gasteiger partial charge is 0.489 e. The molecule has 0 saturated carbocycles. The quantitative estimate of drug-likeness (QED) is 0.795. The molecule has 0 aromatic heterocycles. The number of hydrogen-bond acceptors (Lipinski definition) is 4. The number of halogens is 1. The van der Waals surface area contributed by atoms with E-state index in [4.69, 9.17) is 15.2 Å². The molecule has 6 heteroatoms. The molecule has 138 valence electrons. The highest BCUT2D eigenvalue weighted by atomic mass is 19.1. The molecule has 26 heavy (non-hydrogen) atoms. The van der Waals surface area contributed by atoms with Gasteiger partial charge in [0.25, 0.3) is 0 Å². The number of rotatable bonds is 7. The molecule has 1 aliphatic rings. The Labute approximate surface area is 152 Å². The fourth-order valence-electron chi connectivity index (χ4n) is 2.90. The molecule has 3 N–H and O–H groups in total. The normalized spacial score (nSPS) is 17.7. The number of anilines is 1. The predicted molar refractivity (Wildman–Crippen MR) is 97.5 cm³/mol. The van der Waals surface area contributed by atoms with Crippen LogP contribution in [0.5, 0.6) is 5.75 Å². The summed E-state index contributed by atoms with van der Waals surface area (Å²) in [4.78, 5) is 12.3. The van der Waals surface area contributed by atoms with Gasteiger partial charge >= 0.3 is 0 Å². The lowest BCUT2D eigenvalue weighted by molar-refractivity contribution is -0.116. The number of amides is 1. The van der Waals surface area contributed by atoms with Crippen LogP contribution in [0, 0.1) is 5.82 Å². The van der Waals surface area contributed by atoms with Crippen LogP contribution in [0.1, 0.15) is 30.9 Å². The molecular weight excluding hydrogens is 335 g/mol. The SMILES string of the molecule is NC(CC(=O)Nc1cc(F)ccc1OCC1CCCO1)c1ccccc1. The lowest BCUT2D eigenvalue weighted by Crippen LogP contribution is -2.21. The lowest BCUT2D eigenvalue weighted by atomic mass is 10.0. The van der Waals surface area contributed by atoms with Gasteiger partial charge in [-0.3, -0.25) is 4.79 Å². The number of carbonyl (C=O) groups is 1. The van der Waals surface area contributed by atoms with Crippen LogP contribution < -0.4 is 15.8 Å². The summed E-state index contributed by atoms with van der Waals surface area (Å²) in [7, 11) is 0. The maximum absolute atomic E-state index is 13.6. The Morgan fingerprint density at radius 1 is 1.31 bits per heavy atom. The van der Waals surface area contributed by atoms with Crippen LogP contribution in [-0.2, 0) is 9.53 Å². The van der Waals surface area contributed by atoms with Crippen LogP contribution in [0.3, 0.4) is 0 Å². The molecule has 0 spiro atoms. The van der Waals surface area contributed by atoms with Gasteiger partial charge in [0.2, 0.25) is 5.91 Å². The Kier molecular flexibility index (Phi) is 6.20. The Balaban J connectivity index is 1.62. The van der Waals surface area contributed by atoms with Crippen LogP contribution in [-0.4, -0.2) is 25.2 Å². The van der Waals surface area contributed by atoms with Crippen molar-refractivity contribution in [3.63, 3.8) is 0 Å². The Hall–Kier alpha value is -2.44. The van der Waals surface area contributed by atoms with E-state index in [-0.39, 0.29) is 18.4 Å². The molecule has 1 saturated heterocycles. The van der Waals surface area contributed by atoms with E-state index in [0.717, 1.165) is 25.0 Å². The van der Waals surface area contributed by atoms with Gasteiger partial charge in [-0.1, -0.05) is 30.3 Å². The summed E-state index contributed by atoms with van der Waals surface area (Å²) in [5.41, 5.74) is 7.25. The van der Waals surface area contributed by atoms with E-state index >= 15 is 0 Å². The predicted octanol–water partition coefficient (Wildman–Crippen LogP) is 3.41. The number of ether oxygens (including phenoxy) is 2. The second-order valence-electron chi connectivity index (χ2n) is 6.36. The molecule has 1 fully saturated rings. The Morgan fingerprint density at radius 2 is 2.12 bits per heavy atom. The number of benzene rings is 2. The Bertz CT molecular complexity index is 733. The van der Waals surface area contributed by atoms with Crippen LogP contribution in [0.25, 0.3) is 0 Å². The zero-order valence-electron chi connectivity index (χ0n) is 14.5. The van der Waals surface area contributed by atoms with Crippen molar-refractivity contribution < 1.29 is 18.7 Å². The first kappa shape index (κ1) is 18.4. The summed E-state index contributed by atoms with van der Waals surface area (Å²) in [6.07, 6.45) is 2.08. The van der Waals surface area contributed by atoms with Gasteiger partial charge in [-0.05, 0) is 30.5 Å². The number of nitrogens with one attached hydrogen (secondary N) is 1. The monoisotopic (exact) mass is 358 g/mol. The summed E-state index contributed by atoms with van der Waals surface area (Å²) in [5.74, 6) is -0.324. The lowest BCUT2D eigenvalue weighted by Gasteiger charge is -2.16. The maximum Gasteiger partial charge on any atom is 0.226 e. The molecule has 2 aromatic carbocycles. The average molecular weight is 358 g/mol. The highest BCUT2D eigenvalue weighted by Gasteiger charge is 2.18. The van der Waals surface area contributed by atoms with Crippen molar-refractivity contribution in [1.29, 1.82) is 0 Å². The van der Waals surface area contributed by atoms with Crippen molar-refractivity contribution in [2.45, 2.75) is 31.4 Å². The second kappa shape index (κ2) is 8.78. The van der Waals surface area contributed by atoms with Crippen molar-refractivity contribution in [3.05, 3.63) is 59.9 Å². The maximum atomic E-state index is 13.6. The van der Waals surface area contributed by atoms with E-state index in [1.165, 1.54) is 18.2 Å². The molecule has 2 aromatic rings. The minimum atomic E-state index is -0.447. The van der Waals surface area contributed by atoms with Crippen LogP contribution in [0.2, 0.25) is 0 Å². The van der Waals surface area contributed by atoms with Crippen molar-refractivity contribution >= 4 is 11.6 Å². The van der Waals surface area contributed by atoms with E-state index in [1.807, 2.05) is 30.3 Å². The third-order valence-electron chi connectivity index (χ3n) is 4.30. The molecule has 2 atom stereocenters. The molecule has 2 unspecified atom stereocenters. The van der Waals surface area contributed by atoms with Gasteiger partial charge in [0.05, 0.1) is 11.8 Å². The average Bonchev–Trinajstić information content (AvgIpc) is 3.15. The summed E-state index contributed by atoms with van der Waals surface area (Å²) in [5, 5.41) is 2.70. The van der Waals surface area contributed by atoms with Crippen molar-refractivity contribution in [1.82, 2.24) is 0 Å². The highest BCUT2D eigenvalue weighted by Crippen LogP contribution is 2.27. The van der Waals surface area contributed by atoms with E-state index < -0.39 is 11.9 Å². The number of carbonyl (C=O) groups excluding carboxylic acids is 1. The zero-order valence-corrected chi connectivity index (χ0v) is 14.5. The molecule has 0 aliphatic carbocycles. The van der Waals surface area contributed by atoms with Crippen LogP contribution >= 0.6 is 0 Å². The fourth-order valence-corrected chi connectivity index (χ4v) is 2.90. The van der Waals surface area contributed by atoms with Crippen molar-refractivity contribution in [3.8, 4) is 5.75 Å². The van der Waals surface area contributed by atoms with Crippen LogP contribution in [0.15, 0.2) is 48.5 Å². The summed E-state index contributed by atoms with van der Waals surface area (Å²) in [6, 6.07) is 13.0. The van der Waals surface area contributed by atoms with Crippen molar-refractivity contribution in [2.24, 2.45) is 5.73 Å². The standard InChI is InChI=1S/C20H23FN2O3/c21-15-8-9-19(26-13-16-7-4-10-25-16)18(11-15)23-20(24)12-17(22)14-5-2-1-3-6-14/h1-3,5-6,8-9,11,16-17H,4,7,10,12-13,22H2,(H,23,24). The zero-order chi connectivity index (χ0) is 18.4. The van der Waals surface area contributed by atoms with Gasteiger partial charge < -0.3 is 20.5 Å². The molecule has 0 bridgehead atoms. The van der Waals surface area contributed by atoms with Gasteiger partial charge in [0.1, 0.15) is 18.2 Å². The summed E-state index contributed by atoms with van der Waals surface area (Å²) in [6.45, 7) is 1.11.